The fourth-order valence-electron chi connectivity index (χ4n) is 1.92. The van der Waals surface area contributed by atoms with E-state index in [-0.39, 0.29) is 18.1 Å². The predicted molar refractivity (Wildman–Crippen MR) is 78.2 cm³/mol. The van der Waals surface area contributed by atoms with Crippen molar-refractivity contribution >= 4 is 21.6 Å². The van der Waals surface area contributed by atoms with Crippen molar-refractivity contribution in [2.24, 2.45) is 0 Å². The molecule has 0 unspecified atom stereocenters. The van der Waals surface area contributed by atoms with E-state index < -0.39 is 6.67 Å². The van der Waals surface area contributed by atoms with Gasteiger partial charge in [0, 0.05) is 5.56 Å². The lowest BCUT2D eigenvalue weighted by Crippen LogP contribution is -1.98. The molecular formula is C15H12FNO2S. The fraction of sp³-hybridized carbons (Fsp3) is 0.133. The number of aromatic nitrogens is 1. The number of para-hydroxylation sites is 1. The van der Waals surface area contributed by atoms with Gasteiger partial charge in [-0.1, -0.05) is 12.1 Å². The van der Waals surface area contributed by atoms with Gasteiger partial charge < -0.3 is 9.84 Å². The summed E-state index contributed by atoms with van der Waals surface area (Å²) >= 11 is 1.56. The summed E-state index contributed by atoms with van der Waals surface area (Å²) in [5.74, 6) is 0.280. The lowest BCUT2D eigenvalue weighted by atomic mass is 10.2. The third kappa shape index (κ3) is 2.44. The lowest BCUT2D eigenvalue weighted by Gasteiger charge is -2.06. The van der Waals surface area contributed by atoms with E-state index in [2.05, 4.69) is 4.98 Å². The minimum atomic E-state index is -0.584. The first-order chi connectivity index (χ1) is 9.78. The Morgan fingerprint density at radius 3 is 2.80 bits per heavy atom. The summed E-state index contributed by atoms with van der Waals surface area (Å²) in [4.78, 5) is 4.52. The Hall–Kier alpha value is -2.14. The molecule has 3 aromatic rings. The number of phenols is 1. The molecule has 0 aliphatic carbocycles. The quantitative estimate of drug-likeness (QED) is 0.789. The topological polar surface area (TPSA) is 42.4 Å². The van der Waals surface area contributed by atoms with Crippen LogP contribution in [0.25, 0.3) is 20.8 Å². The molecule has 2 aromatic carbocycles. The van der Waals surface area contributed by atoms with Gasteiger partial charge in [-0.05, 0) is 30.3 Å². The summed E-state index contributed by atoms with van der Waals surface area (Å²) in [6, 6.07) is 12.9. The summed E-state index contributed by atoms with van der Waals surface area (Å²) in [7, 11) is 0. The first-order valence-electron chi connectivity index (χ1n) is 6.15. The van der Waals surface area contributed by atoms with Crippen molar-refractivity contribution in [1.82, 2.24) is 4.98 Å². The van der Waals surface area contributed by atoms with E-state index in [1.807, 2.05) is 30.3 Å². The van der Waals surface area contributed by atoms with Crippen LogP contribution in [0.1, 0.15) is 0 Å². The Morgan fingerprint density at radius 1 is 1.20 bits per heavy atom. The number of fused-ring (bicyclic) bond motifs is 1. The summed E-state index contributed by atoms with van der Waals surface area (Å²) in [5, 5.41) is 10.7. The molecule has 102 valence electrons. The maximum atomic E-state index is 12.1. The number of ether oxygens (including phenoxy) is 1. The van der Waals surface area contributed by atoms with Crippen molar-refractivity contribution in [3.63, 3.8) is 0 Å². The van der Waals surface area contributed by atoms with Crippen LogP contribution in [0.2, 0.25) is 0 Å². The van der Waals surface area contributed by atoms with Crippen LogP contribution >= 0.6 is 11.3 Å². The summed E-state index contributed by atoms with van der Waals surface area (Å²) in [6.07, 6.45) is 0. The number of hydrogen-bond acceptors (Lipinski definition) is 4. The molecular weight excluding hydrogens is 277 g/mol. The molecule has 0 radical (unpaired) electrons. The van der Waals surface area contributed by atoms with Crippen LogP contribution in [0.3, 0.4) is 0 Å². The monoisotopic (exact) mass is 289 g/mol. The summed E-state index contributed by atoms with van der Waals surface area (Å²) in [6.45, 7) is -0.646. The highest BCUT2D eigenvalue weighted by molar-refractivity contribution is 7.21. The molecule has 20 heavy (non-hydrogen) atoms. The molecule has 1 heterocycles. The minimum Gasteiger partial charge on any atom is -0.504 e. The third-order valence-electron chi connectivity index (χ3n) is 2.83. The van der Waals surface area contributed by atoms with Gasteiger partial charge in [-0.25, -0.2) is 9.37 Å². The van der Waals surface area contributed by atoms with Gasteiger partial charge in [0.05, 0.1) is 10.2 Å². The predicted octanol–water partition coefficient (Wildman–Crippen LogP) is 4.02. The van der Waals surface area contributed by atoms with Crippen molar-refractivity contribution in [2.45, 2.75) is 0 Å². The SMILES string of the molecule is Oc1cc(-c2nc3ccccc3s2)ccc1OCCF. The Labute approximate surface area is 119 Å². The van der Waals surface area contributed by atoms with Gasteiger partial charge in [-0.3, -0.25) is 0 Å². The largest absolute Gasteiger partial charge is 0.504 e. The van der Waals surface area contributed by atoms with Crippen LogP contribution in [0.5, 0.6) is 11.5 Å². The van der Waals surface area contributed by atoms with E-state index in [1.54, 1.807) is 23.5 Å². The standard InChI is InChI=1S/C15H12FNO2S/c16-7-8-19-13-6-5-10(9-12(13)18)15-17-11-3-1-2-4-14(11)20-15/h1-6,9,18H,7-8H2. The molecule has 1 N–H and O–H groups in total. The zero-order valence-corrected chi connectivity index (χ0v) is 11.4. The Kier molecular flexibility index (Phi) is 3.52. The molecule has 0 saturated heterocycles. The van der Waals surface area contributed by atoms with E-state index >= 15 is 0 Å². The van der Waals surface area contributed by atoms with E-state index in [0.29, 0.717) is 0 Å². The van der Waals surface area contributed by atoms with Gasteiger partial charge in [0.25, 0.3) is 0 Å². The van der Waals surface area contributed by atoms with Crippen LogP contribution in [-0.4, -0.2) is 23.4 Å². The minimum absolute atomic E-state index is 0.00444. The maximum Gasteiger partial charge on any atom is 0.161 e. The number of hydrogen-bond donors (Lipinski definition) is 1. The average Bonchev–Trinajstić information content (AvgIpc) is 2.90. The van der Waals surface area contributed by atoms with Crippen molar-refractivity contribution in [2.75, 3.05) is 13.3 Å². The third-order valence-corrected chi connectivity index (χ3v) is 3.92. The number of alkyl halides is 1. The Bertz CT molecular complexity index is 709. The van der Waals surface area contributed by atoms with E-state index in [9.17, 15) is 9.50 Å². The lowest BCUT2D eigenvalue weighted by molar-refractivity contribution is 0.262. The second kappa shape index (κ2) is 5.46. The molecule has 3 rings (SSSR count). The highest BCUT2D eigenvalue weighted by Gasteiger charge is 2.09. The number of aromatic hydroxyl groups is 1. The van der Waals surface area contributed by atoms with Crippen LogP contribution in [-0.2, 0) is 0 Å². The van der Waals surface area contributed by atoms with Crippen LogP contribution in [0, 0.1) is 0 Å². The number of rotatable bonds is 4. The number of halogens is 1. The highest BCUT2D eigenvalue weighted by atomic mass is 32.1. The number of thiazole rings is 1. The van der Waals surface area contributed by atoms with Gasteiger partial charge in [-0.2, -0.15) is 0 Å². The van der Waals surface area contributed by atoms with Crippen LogP contribution in [0.4, 0.5) is 4.39 Å². The molecule has 3 nitrogen and oxygen atoms in total. The first kappa shape index (κ1) is 12.9. The van der Waals surface area contributed by atoms with Gasteiger partial charge in [0.2, 0.25) is 0 Å². The molecule has 0 atom stereocenters. The van der Waals surface area contributed by atoms with Gasteiger partial charge >= 0.3 is 0 Å². The van der Waals surface area contributed by atoms with E-state index in [1.165, 1.54) is 0 Å². The average molecular weight is 289 g/mol. The normalized spacial score (nSPS) is 10.8. The van der Waals surface area contributed by atoms with Gasteiger partial charge in [0.15, 0.2) is 11.5 Å². The molecule has 0 saturated carbocycles. The van der Waals surface area contributed by atoms with Crippen molar-refractivity contribution in [3.05, 3.63) is 42.5 Å². The molecule has 0 fully saturated rings. The van der Waals surface area contributed by atoms with Crippen molar-refractivity contribution < 1.29 is 14.2 Å². The summed E-state index contributed by atoms with van der Waals surface area (Å²) < 4.78 is 18.2. The molecule has 0 spiro atoms. The fourth-order valence-corrected chi connectivity index (χ4v) is 2.88. The number of benzene rings is 2. The number of nitrogens with zero attached hydrogens (tertiary/aromatic N) is 1. The van der Waals surface area contributed by atoms with E-state index in [0.717, 1.165) is 20.8 Å². The second-order valence-corrected chi connectivity index (χ2v) is 5.24. The highest BCUT2D eigenvalue weighted by Crippen LogP contribution is 2.35. The molecule has 0 amide bonds. The van der Waals surface area contributed by atoms with Crippen LogP contribution < -0.4 is 4.74 Å². The molecule has 1 aromatic heterocycles. The Morgan fingerprint density at radius 2 is 2.05 bits per heavy atom. The smallest absolute Gasteiger partial charge is 0.161 e. The molecule has 5 heteroatoms. The van der Waals surface area contributed by atoms with Gasteiger partial charge in [-0.15, -0.1) is 11.3 Å². The maximum absolute atomic E-state index is 12.1. The molecule has 0 aliphatic heterocycles. The zero-order chi connectivity index (χ0) is 13.9. The molecule has 0 bridgehead atoms. The first-order valence-corrected chi connectivity index (χ1v) is 6.97. The number of phenolic OH excluding ortho intramolecular Hbond substituents is 1. The van der Waals surface area contributed by atoms with E-state index in [4.69, 9.17) is 4.74 Å². The Balaban J connectivity index is 1.95. The van der Waals surface area contributed by atoms with Crippen LogP contribution in [0.15, 0.2) is 42.5 Å². The van der Waals surface area contributed by atoms with Gasteiger partial charge in [0.1, 0.15) is 18.3 Å². The van der Waals surface area contributed by atoms with Crippen molar-refractivity contribution in [1.29, 1.82) is 0 Å². The summed E-state index contributed by atoms with van der Waals surface area (Å²) in [5.41, 5.74) is 1.75. The molecule has 0 aliphatic rings. The zero-order valence-electron chi connectivity index (χ0n) is 10.5. The van der Waals surface area contributed by atoms with Crippen molar-refractivity contribution in [3.8, 4) is 22.1 Å². The second-order valence-electron chi connectivity index (χ2n) is 4.21.